The fourth-order valence-corrected chi connectivity index (χ4v) is 1.67. The molecule has 0 aromatic heterocycles. The van der Waals surface area contributed by atoms with E-state index in [1.54, 1.807) is 0 Å². The van der Waals surface area contributed by atoms with Gasteiger partial charge in [-0.2, -0.15) is 0 Å². The van der Waals surface area contributed by atoms with E-state index in [1.165, 1.54) is 19.5 Å². The normalized spacial score (nSPS) is 23.2. The Hall–Kier alpha value is -0.0800. The van der Waals surface area contributed by atoms with Gasteiger partial charge in [0.1, 0.15) is 0 Å². The predicted octanol–water partition coefficient (Wildman–Crippen LogP) is 1.10. The topological polar surface area (TPSA) is 23.5 Å². The van der Waals surface area contributed by atoms with Crippen LogP contribution >= 0.6 is 0 Å². The molecule has 1 rings (SSSR count). The van der Waals surface area contributed by atoms with Crippen molar-refractivity contribution in [2.24, 2.45) is 5.92 Å². The van der Waals surface area contributed by atoms with Gasteiger partial charge in [-0.1, -0.05) is 20.3 Å². The van der Waals surface area contributed by atoms with Gasteiger partial charge < -0.3 is 5.11 Å². The molecular weight excluding hydrogens is 138 g/mol. The lowest BCUT2D eigenvalue weighted by Gasteiger charge is -2.43. The molecule has 1 N–H and O–H groups in total. The molecule has 1 atom stereocenters. The molecule has 0 amide bonds. The van der Waals surface area contributed by atoms with Gasteiger partial charge in [0, 0.05) is 19.1 Å². The standard InChI is InChI=1S/C9H19NO/c1-3-8-5-10(6-8)9(4-2)7-11/h8-9,11H,3-7H2,1-2H3/t9-/m1/s1. The molecule has 0 saturated carbocycles. The van der Waals surface area contributed by atoms with E-state index in [0.29, 0.717) is 12.6 Å². The lowest BCUT2D eigenvalue weighted by Crippen LogP contribution is -2.52. The molecule has 0 radical (unpaired) electrons. The van der Waals surface area contributed by atoms with Crippen LogP contribution in [0.1, 0.15) is 26.7 Å². The summed E-state index contributed by atoms with van der Waals surface area (Å²) >= 11 is 0. The molecule has 1 heterocycles. The fraction of sp³-hybridized carbons (Fsp3) is 1.00. The first-order chi connectivity index (χ1) is 5.31. The average molecular weight is 157 g/mol. The van der Waals surface area contributed by atoms with E-state index in [0.717, 1.165) is 12.3 Å². The van der Waals surface area contributed by atoms with Crippen molar-refractivity contribution in [1.82, 2.24) is 4.90 Å². The molecule has 66 valence electrons. The predicted molar refractivity (Wildman–Crippen MR) is 46.5 cm³/mol. The van der Waals surface area contributed by atoms with E-state index in [-0.39, 0.29) is 0 Å². The van der Waals surface area contributed by atoms with Crippen LogP contribution in [0.15, 0.2) is 0 Å². The summed E-state index contributed by atoms with van der Waals surface area (Å²) in [6.45, 7) is 7.11. The maximum atomic E-state index is 8.98. The Morgan fingerprint density at radius 1 is 1.45 bits per heavy atom. The number of nitrogens with zero attached hydrogens (tertiary/aromatic N) is 1. The highest BCUT2D eigenvalue weighted by Crippen LogP contribution is 2.21. The van der Waals surface area contributed by atoms with Gasteiger partial charge in [0.15, 0.2) is 0 Å². The van der Waals surface area contributed by atoms with Crippen LogP contribution in [-0.2, 0) is 0 Å². The number of rotatable bonds is 4. The monoisotopic (exact) mass is 157 g/mol. The highest BCUT2D eigenvalue weighted by Gasteiger charge is 2.29. The van der Waals surface area contributed by atoms with Gasteiger partial charge in [0.05, 0.1) is 6.61 Å². The van der Waals surface area contributed by atoms with Gasteiger partial charge in [-0.05, 0) is 12.3 Å². The number of aliphatic hydroxyl groups excluding tert-OH is 1. The van der Waals surface area contributed by atoms with Crippen LogP contribution in [-0.4, -0.2) is 35.7 Å². The van der Waals surface area contributed by atoms with E-state index in [1.807, 2.05) is 0 Å². The van der Waals surface area contributed by atoms with Crippen LogP contribution in [0.3, 0.4) is 0 Å². The van der Waals surface area contributed by atoms with E-state index < -0.39 is 0 Å². The first-order valence-electron chi connectivity index (χ1n) is 4.66. The lowest BCUT2D eigenvalue weighted by atomic mass is 9.94. The summed E-state index contributed by atoms with van der Waals surface area (Å²) in [6, 6.07) is 0.429. The molecule has 0 aromatic carbocycles. The largest absolute Gasteiger partial charge is 0.395 e. The molecule has 0 aromatic rings. The molecule has 0 spiro atoms. The summed E-state index contributed by atoms with van der Waals surface area (Å²) in [4.78, 5) is 2.38. The third-order valence-corrected chi connectivity index (χ3v) is 2.76. The molecule has 0 unspecified atom stereocenters. The van der Waals surface area contributed by atoms with Crippen LogP contribution in [0.25, 0.3) is 0 Å². The zero-order valence-electron chi connectivity index (χ0n) is 7.58. The smallest absolute Gasteiger partial charge is 0.0586 e. The third kappa shape index (κ3) is 1.94. The molecule has 2 heteroatoms. The van der Waals surface area contributed by atoms with E-state index >= 15 is 0 Å². The van der Waals surface area contributed by atoms with Gasteiger partial charge in [0.25, 0.3) is 0 Å². The minimum absolute atomic E-state index is 0.326. The van der Waals surface area contributed by atoms with E-state index in [2.05, 4.69) is 18.7 Å². The Balaban J connectivity index is 2.19. The Kier molecular flexibility index (Phi) is 3.34. The molecule has 0 bridgehead atoms. The second kappa shape index (κ2) is 4.07. The van der Waals surface area contributed by atoms with Gasteiger partial charge >= 0.3 is 0 Å². The third-order valence-electron chi connectivity index (χ3n) is 2.76. The van der Waals surface area contributed by atoms with Crippen molar-refractivity contribution >= 4 is 0 Å². The Morgan fingerprint density at radius 2 is 2.09 bits per heavy atom. The van der Waals surface area contributed by atoms with Crippen molar-refractivity contribution in [3.05, 3.63) is 0 Å². The van der Waals surface area contributed by atoms with Crippen LogP contribution in [0.4, 0.5) is 0 Å². The van der Waals surface area contributed by atoms with Crippen molar-refractivity contribution in [2.45, 2.75) is 32.7 Å². The zero-order chi connectivity index (χ0) is 8.27. The van der Waals surface area contributed by atoms with Crippen molar-refractivity contribution in [2.75, 3.05) is 19.7 Å². The fourth-order valence-electron chi connectivity index (χ4n) is 1.67. The Bertz CT molecular complexity index is 106. The number of likely N-dealkylation sites (tertiary alicyclic amines) is 1. The highest BCUT2D eigenvalue weighted by molar-refractivity contribution is 4.83. The summed E-state index contributed by atoms with van der Waals surface area (Å²) in [5.41, 5.74) is 0. The maximum absolute atomic E-state index is 8.98. The minimum atomic E-state index is 0.326. The molecule has 1 saturated heterocycles. The zero-order valence-corrected chi connectivity index (χ0v) is 7.58. The molecule has 1 aliphatic rings. The number of aliphatic hydroxyl groups is 1. The summed E-state index contributed by atoms with van der Waals surface area (Å²) in [5, 5.41) is 8.98. The molecule has 0 aliphatic carbocycles. The van der Waals surface area contributed by atoms with Crippen LogP contribution in [0, 0.1) is 5.92 Å². The quantitative estimate of drug-likeness (QED) is 0.660. The number of hydrogen-bond acceptors (Lipinski definition) is 2. The highest BCUT2D eigenvalue weighted by atomic mass is 16.3. The summed E-state index contributed by atoms with van der Waals surface area (Å²) < 4.78 is 0. The molecule has 11 heavy (non-hydrogen) atoms. The summed E-state index contributed by atoms with van der Waals surface area (Å²) in [6.07, 6.45) is 2.37. The molecule has 2 nitrogen and oxygen atoms in total. The second-order valence-electron chi connectivity index (χ2n) is 3.47. The molecule has 1 fully saturated rings. The van der Waals surface area contributed by atoms with Gasteiger partial charge in [0.2, 0.25) is 0 Å². The van der Waals surface area contributed by atoms with Gasteiger partial charge in [-0.15, -0.1) is 0 Å². The first kappa shape index (κ1) is 9.01. The van der Waals surface area contributed by atoms with Crippen molar-refractivity contribution in [3.63, 3.8) is 0 Å². The van der Waals surface area contributed by atoms with Crippen molar-refractivity contribution in [1.29, 1.82) is 0 Å². The SMILES string of the molecule is CCC1CN([C@H](CC)CO)C1. The van der Waals surface area contributed by atoms with Crippen molar-refractivity contribution < 1.29 is 5.11 Å². The Morgan fingerprint density at radius 3 is 2.45 bits per heavy atom. The molecule has 1 aliphatic heterocycles. The van der Waals surface area contributed by atoms with Gasteiger partial charge in [-0.3, -0.25) is 4.90 Å². The van der Waals surface area contributed by atoms with Crippen molar-refractivity contribution in [3.8, 4) is 0 Å². The average Bonchev–Trinajstić information content (AvgIpc) is 1.95. The van der Waals surface area contributed by atoms with Crippen LogP contribution in [0.5, 0.6) is 0 Å². The summed E-state index contributed by atoms with van der Waals surface area (Å²) in [5.74, 6) is 0.899. The van der Waals surface area contributed by atoms with Gasteiger partial charge in [-0.25, -0.2) is 0 Å². The van der Waals surface area contributed by atoms with E-state index in [9.17, 15) is 0 Å². The minimum Gasteiger partial charge on any atom is -0.395 e. The second-order valence-corrected chi connectivity index (χ2v) is 3.47. The van der Waals surface area contributed by atoms with Crippen LogP contribution in [0.2, 0.25) is 0 Å². The lowest BCUT2D eigenvalue weighted by molar-refractivity contribution is 0.0211. The molecular formula is C9H19NO. The first-order valence-corrected chi connectivity index (χ1v) is 4.66. The summed E-state index contributed by atoms with van der Waals surface area (Å²) in [7, 11) is 0. The number of hydrogen-bond donors (Lipinski definition) is 1. The van der Waals surface area contributed by atoms with E-state index in [4.69, 9.17) is 5.11 Å². The Labute approximate surface area is 69.2 Å². The maximum Gasteiger partial charge on any atom is 0.0586 e. The van der Waals surface area contributed by atoms with Crippen LogP contribution < -0.4 is 0 Å².